The third kappa shape index (κ3) is 4.97. The first-order valence-electron chi connectivity index (χ1n) is 12.7. The summed E-state index contributed by atoms with van der Waals surface area (Å²) < 4.78 is 20.1. The molecule has 2 unspecified atom stereocenters. The van der Waals surface area contributed by atoms with Gasteiger partial charge in [0.2, 0.25) is 0 Å². The largest absolute Gasteiger partial charge is 0.493 e. The van der Waals surface area contributed by atoms with E-state index in [0.29, 0.717) is 55.5 Å². The predicted molar refractivity (Wildman–Crippen MR) is 132 cm³/mol. The minimum atomic E-state index is -1.02. The number of halogens is 1. The van der Waals surface area contributed by atoms with Crippen LogP contribution in [0.15, 0.2) is 36.2 Å². The zero-order valence-electron chi connectivity index (χ0n) is 20.6. The number of ether oxygens (including phenoxy) is 1. The molecule has 0 bridgehead atoms. The number of aromatic amines is 1. The first-order chi connectivity index (χ1) is 17.3. The highest BCUT2D eigenvalue weighted by molar-refractivity contribution is 6.20. The lowest BCUT2D eigenvalue weighted by atomic mass is 9.90. The average Bonchev–Trinajstić information content (AvgIpc) is 3.56. The molecule has 2 fully saturated rings. The van der Waals surface area contributed by atoms with Crippen molar-refractivity contribution in [1.82, 2.24) is 20.5 Å². The molecular formula is C27H33FN4O4. The summed E-state index contributed by atoms with van der Waals surface area (Å²) in [6.45, 7) is 4.90. The van der Waals surface area contributed by atoms with Gasteiger partial charge in [0.1, 0.15) is 17.7 Å². The number of allylic oxidation sites excluding steroid dienone is 1. The Balaban J connectivity index is 1.32. The number of nitrogens with one attached hydrogen (secondary N) is 3. The zero-order chi connectivity index (χ0) is 25.4. The fourth-order valence-corrected chi connectivity index (χ4v) is 5.05. The van der Waals surface area contributed by atoms with Crippen molar-refractivity contribution in [1.29, 1.82) is 0 Å². The summed E-state index contributed by atoms with van der Waals surface area (Å²) in [5.74, 6) is 0.246. The monoisotopic (exact) mass is 496 g/mol. The van der Waals surface area contributed by atoms with Crippen LogP contribution in [0.2, 0.25) is 0 Å². The van der Waals surface area contributed by atoms with Gasteiger partial charge in [0.05, 0.1) is 23.9 Å². The predicted octanol–water partition coefficient (Wildman–Crippen LogP) is 2.85. The Morgan fingerprint density at radius 2 is 1.94 bits per heavy atom. The number of nitrogens with zero attached hydrogens (tertiary/aromatic N) is 1. The molecule has 36 heavy (non-hydrogen) atoms. The minimum Gasteiger partial charge on any atom is -0.493 e. The second kappa shape index (κ2) is 9.97. The van der Waals surface area contributed by atoms with Crippen LogP contribution < -0.4 is 15.4 Å². The van der Waals surface area contributed by atoms with E-state index in [1.54, 1.807) is 17.2 Å². The summed E-state index contributed by atoms with van der Waals surface area (Å²) >= 11 is 0. The summed E-state index contributed by atoms with van der Waals surface area (Å²) in [6.07, 6.45) is 4.33. The first-order valence-corrected chi connectivity index (χ1v) is 12.7. The number of aliphatic hydroxyl groups excluding tert-OH is 1. The van der Waals surface area contributed by atoms with Crippen LogP contribution in [0.1, 0.15) is 62.4 Å². The molecule has 9 heteroatoms. The lowest BCUT2D eigenvalue weighted by molar-refractivity contribution is -0.140. The van der Waals surface area contributed by atoms with Gasteiger partial charge < -0.3 is 30.4 Å². The molecular weight excluding hydrogens is 463 g/mol. The lowest BCUT2D eigenvalue weighted by Crippen LogP contribution is -2.49. The SMILES string of the molecule is CC1=C(C(=O)NC2CCN(C(=O)C(C)O)CC2)c2[nH]ccc2C(c2ccc(F)cc2OCC2CC2)N1. The Hall–Kier alpha value is -3.33. The number of rotatable bonds is 7. The molecule has 5 rings (SSSR count). The molecule has 1 aromatic carbocycles. The fraction of sp³-hybridized carbons (Fsp3) is 0.481. The van der Waals surface area contributed by atoms with Crippen LogP contribution in [-0.4, -0.2) is 58.6 Å². The van der Waals surface area contributed by atoms with E-state index in [9.17, 15) is 19.1 Å². The van der Waals surface area contributed by atoms with Gasteiger partial charge in [0.25, 0.3) is 11.8 Å². The third-order valence-electron chi connectivity index (χ3n) is 7.26. The Bertz CT molecular complexity index is 1180. The first kappa shape index (κ1) is 24.4. The van der Waals surface area contributed by atoms with Crippen molar-refractivity contribution >= 4 is 17.4 Å². The van der Waals surface area contributed by atoms with Gasteiger partial charge in [0.15, 0.2) is 0 Å². The molecule has 2 aromatic rings. The molecule has 3 heterocycles. The number of carbonyl (C=O) groups excluding carboxylic acids is 2. The van der Waals surface area contributed by atoms with Gasteiger partial charge in [-0.1, -0.05) is 0 Å². The number of aromatic nitrogens is 1. The molecule has 192 valence electrons. The van der Waals surface area contributed by atoms with E-state index < -0.39 is 6.10 Å². The molecule has 3 aliphatic rings. The number of aliphatic hydroxyl groups is 1. The van der Waals surface area contributed by atoms with E-state index in [-0.39, 0.29) is 29.7 Å². The molecule has 2 amide bonds. The number of amides is 2. The standard InChI is InChI=1S/C27H33FN4O4/c1-15-23(26(34)31-19-8-11-32(12-9-19)27(35)16(2)33)25-21(7-10-29-25)24(30-15)20-6-5-18(28)13-22(20)36-14-17-3-4-17/h5-7,10,13,16-17,19,24,29-30,33H,3-4,8-9,11-12,14H2,1-2H3,(H,31,34). The van der Waals surface area contributed by atoms with Crippen molar-refractivity contribution in [2.24, 2.45) is 5.92 Å². The van der Waals surface area contributed by atoms with Crippen LogP contribution in [0.3, 0.4) is 0 Å². The second-order valence-electron chi connectivity index (χ2n) is 10.1. The molecule has 1 aliphatic carbocycles. The quantitative estimate of drug-likeness (QED) is 0.472. The Morgan fingerprint density at radius 1 is 1.19 bits per heavy atom. The third-order valence-corrected chi connectivity index (χ3v) is 7.26. The topological polar surface area (TPSA) is 107 Å². The van der Waals surface area contributed by atoms with Crippen molar-refractivity contribution in [3.05, 3.63) is 58.8 Å². The van der Waals surface area contributed by atoms with Crippen molar-refractivity contribution in [2.45, 2.75) is 57.7 Å². The summed E-state index contributed by atoms with van der Waals surface area (Å²) in [6, 6.07) is 6.19. The van der Waals surface area contributed by atoms with Gasteiger partial charge in [-0.15, -0.1) is 0 Å². The highest BCUT2D eigenvalue weighted by Crippen LogP contribution is 2.40. The van der Waals surface area contributed by atoms with Crippen molar-refractivity contribution in [3.8, 4) is 5.75 Å². The average molecular weight is 497 g/mol. The van der Waals surface area contributed by atoms with E-state index in [2.05, 4.69) is 15.6 Å². The number of hydrogen-bond acceptors (Lipinski definition) is 5. The van der Waals surface area contributed by atoms with E-state index in [0.717, 1.165) is 29.7 Å². The molecule has 2 atom stereocenters. The molecule has 1 saturated heterocycles. The molecule has 4 N–H and O–H groups in total. The van der Waals surface area contributed by atoms with Crippen LogP contribution in [0.25, 0.3) is 5.57 Å². The molecule has 8 nitrogen and oxygen atoms in total. The van der Waals surface area contributed by atoms with Crippen LogP contribution in [0, 0.1) is 11.7 Å². The smallest absolute Gasteiger partial charge is 0.255 e. The zero-order valence-corrected chi connectivity index (χ0v) is 20.6. The number of piperidine rings is 1. The molecule has 0 spiro atoms. The Morgan fingerprint density at radius 3 is 2.64 bits per heavy atom. The van der Waals surface area contributed by atoms with Crippen molar-refractivity contribution in [2.75, 3.05) is 19.7 Å². The maximum Gasteiger partial charge on any atom is 0.255 e. The van der Waals surface area contributed by atoms with Crippen LogP contribution in [0.4, 0.5) is 4.39 Å². The van der Waals surface area contributed by atoms with Crippen molar-refractivity contribution < 1.29 is 23.8 Å². The van der Waals surface area contributed by atoms with Gasteiger partial charge in [-0.25, -0.2) is 4.39 Å². The Kier molecular flexibility index (Phi) is 6.75. The number of benzene rings is 1. The van der Waals surface area contributed by atoms with Crippen molar-refractivity contribution in [3.63, 3.8) is 0 Å². The molecule has 1 aromatic heterocycles. The van der Waals surface area contributed by atoms with E-state index in [1.165, 1.54) is 19.1 Å². The molecule has 2 aliphatic heterocycles. The van der Waals surface area contributed by atoms with Gasteiger partial charge in [-0.05, 0) is 63.6 Å². The summed E-state index contributed by atoms with van der Waals surface area (Å²) in [5, 5.41) is 16.1. The minimum absolute atomic E-state index is 0.0634. The lowest BCUT2D eigenvalue weighted by Gasteiger charge is -2.34. The van der Waals surface area contributed by atoms with Gasteiger partial charge >= 0.3 is 0 Å². The second-order valence-corrected chi connectivity index (χ2v) is 10.1. The van der Waals surface area contributed by atoms with E-state index in [4.69, 9.17) is 4.74 Å². The number of fused-ring (bicyclic) bond motifs is 1. The molecule has 0 radical (unpaired) electrons. The van der Waals surface area contributed by atoms with E-state index in [1.807, 2.05) is 13.0 Å². The Labute approximate surface area is 209 Å². The summed E-state index contributed by atoms with van der Waals surface area (Å²) in [4.78, 5) is 30.3. The number of hydrogen-bond donors (Lipinski definition) is 4. The van der Waals surface area contributed by atoms with Gasteiger partial charge in [0, 0.05) is 48.2 Å². The number of H-pyrrole nitrogens is 1. The van der Waals surface area contributed by atoms with Gasteiger partial charge in [-0.3, -0.25) is 9.59 Å². The number of carbonyl (C=O) groups is 2. The normalized spacial score (nSPS) is 21.0. The maximum absolute atomic E-state index is 14.1. The number of likely N-dealkylation sites (tertiary alicyclic amines) is 1. The van der Waals surface area contributed by atoms with Crippen LogP contribution >= 0.6 is 0 Å². The highest BCUT2D eigenvalue weighted by Gasteiger charge is 2.34. The maximum atomic E-state index is 14.1. The van der Waals surface area contributed by atoms with E-state index >= 15 is 0 Å². The van der Waals surface area contributed by atoms with Gasteiger partial charge in [-0.2, -0.15) is 0 Å². The summed E-state index contributed by atoms with van der Waals surface area (Å²) in [5.41, 5.74) is 3.70. The highest BCUT2D eigenvalue weighted by atomic mass is 19.1. The summed E-state index contributed by atoms with van der Waals surface area (Å²) in [7, 11) is 0. The van der Waals surface area contributed by atoms with Crippen LogP contribution in [-0.2, 0) is 9.59 Å². The molecule has 1 saturated carbocycles. The van der Waals surface area contributed by atoms with Crippen LogP contribution in [0.5, 0.6) is 5.75 Å². The fourth-order valence-electron chi connectivity index (χ4n) is 5.05.